The molecule has 0 spiro atoms. The molecule has 3 nitrogen and oxygen atoms in total. The van der Waals surface area contributed by atoms with E-state index >= 15 is 0 Å². The number of fused-ring (bicyclic) bond motifs is 5. The Bertz CT molecular complexity index is 531. The molecule has 0 amide bonds. The van der Waals surface area contributed by atoms with Gasteiger partial charge in [-0.15, -0.1) is 0 Å². The van der Waals surface area contributed by atoms with Crippen LogP contribution in [0.2, 0.25) is 0 Å². The lowest BCUT2D eigenvalue weighted by Gasteiger charge is -2.62. The van der Waals surface area contributed by atoms with E-state index in [0.29, 0.717) is 23.5 Å². The maximum atomic E-state index is 12.2. The molecule has 9 atom stereocenters. The van der Waals surface area contributed by atoms with Crippen LogP contribution in [-0.2, 0) is 4.79 Å². The van der Waals surface area contributed by atoms with Crippen LogP contribution in [0.25, 0.3) is 0 Å². The maximum Gasteiger partial charge on any atom is 0.133 e. The lowest BCUT2D eigenvalue weighted by atomic mass is 9.44. The summed E-state index contributed by atoms with van der Waals surface area (Å²) >= 11 is 0. The van der Waals surface area contributed by atoms with Gasteiger partial charge in [0.05, 0.1) is 12.2 Å². The molecule has 4 fully saturated rings. The summed E-state index contributed by atoms with van der Waals surface area (Å²) in [5.74, 6) is 2.71. The summed E-state index contributed by atoms with van der Waals surface area (Å²) in [6, 6.07) is 0. The summed E-state index contributed by atoms with van der Waals surface area (Å²) in [5, 5.41) is 21.0. The molecule has 0 aromatic carbocycles. The van der Waals surface area contributed by atoms with Gasteiger partial charge in [-0.3, -0.25) is 4.79 Å². The van der Waals surface area contributed by atoms with Crippen molar-refractivity contribution in [2.45, 2.75) is 84.3 Å². The molecule has 0 heterocycles. The molecule has 4 aliphatic carbocycles. The van der Waals surface area contributed by atoms with E-state index in [9.17, 15) is 15.0 Å². The first-order valence-corrected chi connectivity index (χ1v) is 10.1. The van der Waals surface area contributed by atoms with Gasteiger partial charge in [0, 0.05) is 5.92 Å². The predicted octanol–water partition coefficient (Wildman–Crippen LogP) is 3.57. The van der Waals surface area contributed by atoms with Gasteiger partial charge in [-0.25, -0.2) is 0 Å². The van der Waals surface area contributed by atoms with Gasteiger partial charge in [-0.05, 0) is 92.8 Å². The molecule has 4 rings (SSSR count). The number of hydrogen-bond acceptors (Lipinski definition) is 3. The molecular formula is C21H34O3. The minimum atomic E-state index is -0.273. The minimum Gasteiger partial charge on any atom is -0.393 e. The second kappa shape index (κ2) is 5.54. The second-order valence-corrected chi connectivity index (χ2v) is 10.0. The summed E-state index contributed by atoms with van der Waals surface area (Å²) in [5.41, 5.74) is 0.335. The molecule has 136 valence electrons. The monoisotopic (exact) mass is 334 g/mol. The van der Waals surface area contributed by atoms with Crippen molar-refractivity contribution in [1.29, 1.82) is 0 Å². The van der Waals surface area contributed by atoms with Gasteiger partial charge in [0.25, 0.3) is 0 Å². The Kier molecular flexibility index (Phi) is 3.93. The van der Waals surface area contributed by atoms with E-state index in [-0.39, 0.29) is 34.9 Å². The van der Waals surface area contributed by atoms with E-state index < -0.39 is 0 Å². The molecular weight excluding hydrogens is 300 g/mol. The zero-order valence-electron chi connectivity index (χ0n) is 15.5. The van der Waals surface area contributed by atoms with Gasteiger partial charge in [0.2, 0.25) is 0 Å². The van der Waals surface area contributed by atoms with Gasteiger partial charge < -0.3 is 10.2 Å². The first-order valence-electron chi connectivity index (χ1n) is 10.1. The van der Waals surface area contributed by atoms with Gasteiger partial charge in [0.1, 0.15) is 5.78 Å². The number of carbonyl (C=O) groups excluding carboxylic acids is 1. The zero-order valence-corrected chi connectivity index (χ0v) is 15.5. The topological polar surface area (TPSA) is 57.5 Å². The van der Waals surface area contributed by atoms with Crippen LogP contribution in [0.5, 0.6) is 0 Å². The largest absolute Gasteiger partial charge is 0.393 e. The number of ketones is 1. The number of aliphatic hydroxyl groups is 2. The third-order valence-electron chi connectivity index (χ3n) is 9.14. The third kappa shape index (κ3) is 2.19. The van der Waals surface area contributed by atoms with Crippen LogP contribution in [0, 0.1) is 40.4 Å². The lowest BCUT2D eigenvalue weighted by Crippen LogP contribution is -2.58. The SMILES string of the molecule is CC(=O)[C@H]1CC[C@H]2[C@@H]3C[C@H](O)[C@H]4C[C@@H](O)CC[C@]4(C)[C@H]3CC[C@]12C. The molecule has 0 unspecified atom stereocenters. The summed E-state index contributed by atoms with van der Waals surface area (Å²) in [7, 11) is 0. The molecule has 24 heavy (non-hydrogen) atoms. The van der Waals surface area contributed by atoms with E-state index in [1.807, 2.05) is 0 Å². The van der Waals surface area contributed by atoms with Crippen molar-refractivity contribution in [3.63, 3.8) is 0 Å². The van der Waals surface area contributed by atoms with Gasteiger partial charge in [-0.2, -0.15) is 0 Å². The standard InChI is InChI=1S/C21H34O3/c1-12(22)15-4-5-16-14-11-19(24)18-10-13(23)6-8-21(18,3)17(14)7-9-20(15,16)2/h13-19,23-24H,4-11H2,1-3H3/t13-,14-,15+,16-,17-,18+,19-,20+,21+/m0/s1. The van der Waals surface area contributed by atoms with E-state index in [1.165, 1.54) is 12.8 Å². The molecule has 4 aliphatic rings. The quantitative estimate of drug-likeness (QED) is 0.771. The van der Waals surface area contributed by atoms with Crippen LogP contribution in [-0.4, -0.2) is 28.2 Å². The fourth-order valence-electron chi connectivity index (χ4n) is 7.95. The van der Waals surface area contributed by atoms with Crippen LogP contribution >= 0.6 is 0 Å². The fraction of sp³-hybridized carbons (Fsp3) is 0.952. The second-order valence-electron chi connectivity index (χ2n) is 10.0. The Hall–Kier alpha value is -0.410. The minimum absolute atomic E-state index is 0.157. The van der Waals surface area contributed by atoms with Crippen LogP contribution in [0.3, 0.4) is 0 Å². The fourth-order valence-corrected chi connectivity index (χ4v) is 7.95. The molecule has 0 aromatic rings. The molecule has 2 N–H and O–H groups in total. The highest BCUT2D eigenvalue weighted by atomic mass is 16.3. The van der Waals surface area contributed by atoms with Crippen molar-refractivity contribution < 1.29 is 15.0 Å². The third-order valence-corrected chi connectivity index (χ3v) is 9.14. The first-order chi connectivity index (χ1) is 11.3. The zero-order chi connectivity index (χ0) is 17.3. The van der Waals surface area contributed by atoms with Crippen LogP contribution in [0.4, 0.5) is 0 Å². The number of carbonyl (C=O) groups is 1. The highest BCUT2D eigenvalue weighted by Gasteiger charge is 2.62. The van der Waals surface area contributed by atoms with Crippen molar-refractivity contribution >= 4 is 5.78 Å². The molecule has 0 aromatic heterocycles. The molecule has 3 heteroatoms. The Morgan fingerprint density at radius 3 is 2.25 bits per heavy atom. The van der Waals surface area contributed by atoms with Crippen LogP contribution < -0.4 is 0 Å². The average Bonchev–Trinajstić information content (AvgIpc) is 2.87. The Labute approximate surface area is 146 Å². The van der Waals surface area contributed by atoms with Gasteiger partial charge in [-0.1, -0.05) is 13.8 Å². The van der Waals surface area contributed by atoms with Crippen LogP contribution in [0.1, 0.15) is 72.1 Å². The van der Waals surface area contributed by atoms with Crippen molar-refractivity contribution in [2.24, 2.45) is 40.4 Å². The Balaban J connectivity index is 1.65. The average molecular weight is 335 g/mol. The smallest absolute Gasteiger partial charge is 0.133 e. The van der Waals surface area contributed by atoms with Gasteiger partial charge >= 0.3 is 0 Å². The summed E-state index contributed by atoms with van der Waals surface area (Å²) in [4.78, 5) is 12.2. The molecule has 4 saturated carbocycles. The van der Waals surface area contributed by atoms with E-state index in [1.54, 1.807) is 6.92 Å². The predicted molar refractivity (Wildman–Crippen MR) is 93.3 cm³/mol. The van der Waals surface area contributed by atoms with Crippen LogP contribution in [0.15, 0.2) is 0 Å². The summed E-state index contributed by atoms with van der Waals surface area (Å²) < 4.78 is 0. The Morgan fingerprint density at radius 1 is 0.875 bits per heavy atom. The van der Waals surface area contributed by atoms with Crippen molar-refractivity contribution in [3.05, 3.63) is 0 Å². The number of Topliss-reactive ketones (excluding diaryl/α,β-unsaturated/α-hetero) is 1. The summed E-state index contributed by atoms with van der Waals surface area (Å²) in [6.07, 6.45) is 7.70. The molecule has 0 radical (unpaired) electrons. The highest BCUT2D eigenvalue weighted by molar-refractivity contribution is 5.79. The number of aliphatic hydroxyl groups excluding tert-OH is 2. The van der Waals surface area contributed by atoms with E-state index in [4.69, 9.17) is 0 Å². The number of hydrogen-bond donors (Lipinski definition) is 2. The van der Waals surface area contributed by atoms with Gasteiger partial charge in [0.15, 0.2) is 0 Å². The van der Waals surface area contributed by atoms with Crippen molar-refractivity contribution in [2.75, 3.05) is 0 Å². The number of rotatable bonds is 1. The Morgan fingerprint density at radius 2 is 1.54 bits per heavy atom. The molecule has 0 saturated heterocycles. The molecule has 0 bridgehead atoms. The summed E-state index contributed by atoms with van der Waals surface area (Å²) in [6.45, 7) is 6.53. The first kappa shape index (κ1) is 17.0. The highest BCUT2D eigenvalue weighted by Crippen LogP contribution is 2.67. The van der Waals surface area contributed by atoms with Crippen molar-refractivity contribution in [1.82, 2.24) is 0 Å². The van der Waals surface area contributed by atoms with E-state index in [0.717, 1.165) is 38.5 Å². The van der Waals surface area contributed by atoms with Crippen molar-refractivity contribution in [3.8, 4) is 0 Å². The van der Waals surface area contributed by atoms with E-state index in [2.05, 4.69) is 13.8 Å². The normalized spacial score (nSPS) is 57.0. The maximum absolute atomic E-state index is 12.2. The lowest BCUT2D eigenvalue weighted by molar-refractivity contribution is -0.171. The molecule has 0 aliphatic heterocycles.